The molecular weight excluding hydrogens is 455 g/mol. The number of rotatable bonds is 6. The minimum Gasteiger partial charge on any atom is -0.438 e. The Hall–Kier alpha value is -2.71. The number of benzene rings is 1. The van der Waals surface area contributed by atoms with E-state index in [9.17, 15) is 27.8 Å². The SMILES string of the molecule is [2H]Cn1cnc(-c2cc(S(=O)(=O)NC)cnc2Oc2ccc(S(F)(F)(F)(F)F)cc2)c1. The second-order valence-corrected chi connectivity index (χ2v) is 10.3. The van der Waals surface area contributed by atoms with Crippen LogP contribution in [0.2, 0.25) is 0 Å². The average molecular weight is 471 g/mol. The summed E-state index contributed by atoms with van der Waals surface area (Å²) in [6, 6.07) is 2.93. The lowest BCUT2D eigenvalue weighted by Gasteiger charge is -2.40. The van der Waals surface area contributed by atoms with Gasteiger partial charge in [-0.1, -0.05) is 19.4 Å². The van der Waals surface area contributed by atoms with Crippen molar-refractivity contribution in [3.63, 3.8) is 0 Å². The van der Waals surface area contributed by atoms with E-state index in [1.165, 1.54) is 30.2 Å². The van der Waals surface area contributed by atoms with Crippen LogP contribution in [-0.4, -0.2) is 30.0 Å². The van der Waals surface area contributed by atoms with E-state index in [0.717, 1.165) is 6.20 Å². The smallest absolute Gasteiger partial charge is 0.310 e. The molecule has 1 N–H and O–H groups in total. The van der Waals surface area contributed by atoms with Gasteiger partial charge in [0.15, 0.2) is 0 Å². The Balaban J connectivity index is 2.05. The van der Waals surface area contributed by atoms with Crippen molar-refractivity contribution in [2.75, 3.05) is 7.05 Å². The molecule has 0 aliphatic rings. The molecule has 164 valence electrons. The second-order valence-electron chi connectivity index (χ2n) is 6.05. The number of nitrogens with one attached hydrogen (secondary N) is 1. The van der Waals surface area contributed by atoms with Crippen molar-refractivity contribution in [2.45, 2.75) is 9.79 Å². The topological polar surface area (TPSA) is 86.1 Å². The fourth-order valence-corrected chi connectivity index (χ4v) is 3.69. The van der Waals surface area contributed by atoms with Gasteiger partial charge in [0, 0.05) is 14.6 Å². The summed E-state index contributed by atoms with van der Waals surface area (Å²) < 4.78 is 105. The molecule has 0 aliphatic carbocycles. The van der Waals surface area contributed by atoms with Gasteiger partial charge in [-0.15, -0.1) is 0 Å². The van der Waals surface area contributed by atoms with Crippen LogP contribution in [0.15, 0.2) is 58.8 Å². The zero-order valence-corrected chi connectivity index (χ0v) is 16.7. The summed E-state index contributed by atoms with van der Waals surface area (Å²) in [5, 5.41) is 0. The summed E-state index contributed by atoms with van der Waals surface area (Å²) in [6.45, 7) is 0. The molecule has 0 fully saturated rings. The lowest BCUT2D eigenvalue weighted by Crippen LogP contribution is -2.18. The average Bonchev–Trinajstić information content (AvgIpc) is 3.16. The van der Waals surface area contributed by atoms with Gasteiger partial charge >= 0.3 is 10.2 Å². The van der Waals surface area contributed by atoms with Crippen molar-refractivity contribution in [3.05, 3.63) is 49.1 Å². The normalized spacial score (nSPS) is 15.2. The Kier molecular flexibility index (Phi) is 4.38. The quantitative estimate of drug-likeness (QED) is 0.520. The highest BCUT2D eigenvalue weighted by Crippen LogP contribution is 3.02. The molecule has 14 heteroatoms. The fraction of sp³-hybridized carbons (Fsp3) is 0.125. The number of halogens is 5. The minimum absolute atomic E-state index is 0.0558. The van der Waals surface area contributed by atoms with Crippen molar-refractivity contribution >= 4 is 20.2 Å². The first-order valence-electron chi connectivity index (χ1n) is 8.60. The molecule has 0 bridgehead atoms. The lowest BCUT2D eigenvalue weighted by molar-refractivity contribution is 0.363. The van der Waals surface area contributed by atoms with Crippen LogP contribution in [0.3, 0.4) is 0 Å². The monoisotopic (exact) mass is 471 g/mol. The van der Waals surface area contributed by atoms with Crippen LogP contribution in [-0.2, 0) is 17.0 Å². The number of sulfonamides is 1. The molecule has 0 spiro atoms. The number of pyridine rings is 1. The largest absolute Gasteiger partial charge is 0.438 e. The summed E-state index contributed by atoms with van der Waals surface area (Å²) in [5.41, 5.74) is 0.229. The highest BCUT2D eigenvalue weighted by atomic mass is 32.5. The predicted molar refractivity (Wildman–Crippen MR) is 101 cm³/mol. The number of imidazole rings is 1. The number of aromatic nitrogens is 3. The van der Waals surface area contributed by atoms with E-state index >= 15 is 0 Å². The lowest BCUT2D eigenvalue weighted by atomic mass is 10.2. The van der Waals surface area contributed by atoms with Crippen molar-refractivity contribution in [1.29, 1.82) is 0 Å². The molecule has 7 nitrogen and oxygen atoms in total. The van der Waals surface area contributed by atoms with Crippen LogP contribution < -0.4 is 9.46 Å². The zero-order chi connectivity index (χ0) is 23.1. The third-order valence-corrected chi connectivity index (χ3v) is 6.34. The summed E-state index contributed by atoms with van der Waals surface area (Å²) in [5.74, 6) is -0.478. The fourth-order valence-electron chi connectivity index (χ4n) is 2.34. The van der Waals surface area contributed by atoms with E-state index in [-0.39, 0.29) is 46.9 Å². The molecule has 2 heterocycles. The standard InChI is InChI=1S/C16H15F5N4O3S2/c1-22-29(26,27)12-7-14(15-9-25(2)10-24-15)16(23-8-12)28-11-3-5-13(6-4-11)30(17,18,19,20)21/h3-10,22H,1-2H3/i2D. The van der Waals surface area contributed by atoms with Crippen molar-refractivity contribution in [2.24, 2.45) is 7.02 Å². The van der Waals surface area contributed by atoms with Crippen LogP contribution >= 0.6 is 10.2 Å². The Labute approximate surface area is 169 Å². The number of nitrogens with zero attached hydrogens (tertiary/aromatic N) is 3. The van der Waals surface area contributed by atoms with Gasteiger partial charge in [0.05, 0.1) is 23.8 Å². The first kappa shape index (κ1) is 20.6. The van der Waals surface area contributed by atoms with Crippen molar-refractivity contribution in [1.82, 2.24) is 19.3 Å². The first-order valence-corrected chi connectivity index (χ1v) is 11.3. The number of hydrogen-bond donors (Lipinski definition) is 1. The maximum atomic E-state index is 12.9. The van der Waals surface area contributed by atoms with E-state index in [0.29, 0.717) is 12.1 Å². The van der Waals surface area contributed by atoms with Gasteiger partial charge < -0.3 is 9.30 Å². The summed E-state index contributed by atoms with van der Waals surface area (Å²) in [6.07, 6.45) is 3.66. The van der Waals surface area contributed by atoms with Crippen molar-refractivity contribution in [3.8, 4) is 22.9 Å². The van der Waals surface area contributed by atoms with Crippen LogP contribution in [0.5, 0.6) is 11.6 Å². The number of hydrogen-bond acceptors (Lipinski definition) is 5. The number of ether oxygens (including phenoxy) is 1. The highest BCUT2D eigenvalue weighted by molar-refractivity contribution is 8.45. The Morgan fingerprint density at radius 2 is 1.80 bits per heavy atom. The molecule has 30 heavy (non-hydrogen) atoms. The molecule has 0 unspecified atom stereocenters. The van der Waals surface area contributed by atoms with E-state index in [1.54, 1.807) is 0 Å². The van der Waals surface area contributed by atoms with Gasteiger partial charge in [0.1, 0.15) is 15.5 Å². The van der Waals surface area contributed by atoms with Gasteiger partial charge in [-0.2, -0.15) is 0 Å². The molecule has 0 radical (unpaired) electrons. The van der Waals surface area contributed by atoms with Gasteiger partial charge in [-0.25, -0.2) is 23.1 Å². The molecule has 0 aliphatic heterocycles. The van der Waals surface area contributed by atoms with Gasteiger partial charge in [0.25, 0.3) is 0 Å². The molecule has 0 amide bonds. The first-order chi connectivity index (χ1) is 14.1. The van der Waals surface area contributed by atoms with Crippen molar-refractivity contribution < 1.29 is 34.0 Å². The third kappa shape index (κ3) is 4.71. The Bertz CT molecular complexity index is 1230. The maximum absolute atomic E-state index is 12.9. The van der Waals surface area contributed by atoms with E-state index in [1.807, 2.05) is 0 Å². The third-order valence-electron chi connectivity index (χ3n) is 3.80. The predicted octanol–water partition coefficient (Wildman–Crippen LogP) is 4.84. The molecule has 1 aromatic carbocycles. The summed E-state index contributed by atoms with van der Waals surface area (Å²) in [7, 11) is -12.7. The van der Waals surface area contributed by atoms with Gasteiger partial charge in [-0.05, 0) is 37.4 Å². The molecule has 0 saturated carbocycles. The van der Waals surface area contributed by atoms with E-state index < -0.39 is 25.1 Å². The van der Waals surface area contributed by atoms with E-state index in [4.69, 9.17) is 6.11 Å². The molecule has 3 aromatic rings. The van der Waals surface area contributed by atoms with Crippen LogP contribution in [0.25, 0.3) is 11.3 Å². The zero-order valence-electron chi connectivity index (χ0n) is 16.1. The van der Waals surface area contributed by atoms with Crippen LogP contribution in [0, 0.1) is 0 Å². The second kappa shape index (κ2) is 6.39. The molecule has 0 saturated heterocycles. The Morgan fingerprint density at radius 3 is 2.33 bits per heavy atom. The maximum Gasteiger partial charge on any atom is 0.310 e. The van der Waals surface area contributed by atoms with Crippen LogP contribution in [0.4, 0.5) is 19.4 Å². The van der Waals surface area contributed by atoms with Gasteiger partial charge in [0.2, 0.25) is 15.9 Å². The molecule has 3 rings (SSSR count). The molecular formula is C16H15F5N4O3S2. The highest BCUT2D eigenvalue weighted by Gasteiger charge is 2.65. The molecule has 0 atom stereocenters. The Morgan fingerprint density at radius 1 is 1.13 bits per heavy atom. The molecule has 2 aromatic heterocycles. The van der Waals surface area contributed by atoms with Crippen LogP contribution in [0.1, 0.15) is 1.37 Å². The minimum atomic E-state index is -9.83. The van der Waals surface area contributed by atoms with Gasteiger partial charge in [-0.3, -0.25) is 0 Å². The number of aryl methyl sites for hydroxylation is 1. The summed E-state index contributed by atoms with van der Waals surface area (Å²) >= 11 is 0. The van der Waals surface area contributed by atoms with E-state index in [2.05, 4.69) is 14.7 Å². The summed E-state index contributed by atoms with van der Waals surface area (Å²) in [4.78, 5) is 5.62.